The maximum atomic E-state index is 5.65. The van der Waals surface area contributed by atoms with Gasteiger partial charge in [0, 0.05) is 4.47 Å². The lowest BCUT2D eigenvalue weighted by atomic mass is 10.3. The Morgan fingerprint density at radius 2 is 2.06 bits per heavy atom. The van der Waals surface area contributed by atoms with Gasteiger partial charge in [0.1, 0.15) is 23.9 Å². The first kappa shape index (κ1) is 13.2. The molecule has 18 heavy (non-hydrogen) atoms. The van der Waals surface area contributed by atoms with Crippen LogP contribution in [0.25, 0.3) is 0 Å². The Morgan fingerprint density at radius 1 is 1.22 bits per heavy atom. The number of ether oxygens (including phenoxy) is 1. The van der Waals surface area contributed by atoms with E-state index >= 15 is 0 Å². The summed E-state index contributed by atoms with van der Waals surface area (Å²) in [6.45, 7) is 4.21. The summed E-state index contributed by atoms with van der Waals surface area (Å²) in [4.78, 5) is 0. The number of halogens is 1. The van der Waals surface area contributed by atoms with Gasteiger partial charge in [-0.25, -0.2) is 0 Å². The molecule has 2 rings (SSSR count). The van der Waals surface area contributed by atoms with Crippen LogP contribution in [0.2, 0.25) is 0 Å². The maximum Gasteiger partial charge on any atom is 0.146 e. The van der Waals surface area contributed by atoms with Gasteiger partial charge in [-0.05, 0) is 36.9 Å². The van der Waals surface area contributed by atoms with Crippen LogP contribution < -0.4 is 10.1 Å². The minimum Gasteiger partial charge on any atom is -0.486 e. The maximum absolute atomic E-state index is 5.65. The van der Waals surface area contributed by atoms with Crippen LogP contribution in [0.15, 0.2) is 45.3 Å². The highest BCUT2D eigenvalue weighted by atomic mass is 79.9. The topological polar surface area (TPSA) is 34.4 Å². The van der Waals surface area contributed by atoms with Crippen molar-refractivity contribution < 1.29 is 9.15 Å². The molecule has 0 radical (unpaired) electrons. The van der Waals surface area contributed by atoms with Gasteiger partial charge < -0.3 is 14.5 Å². The normalized spacial score (nSPS) is 10.6. The van der Waals surface area contributed by atoms with Crippen LogP contribution in [0.5, 0.6) is 5.75 Å². The van der Waals surface area contributed by atoms with Crippen molar-refractivity contribution in [3.63, 3.8) is 0 Å². The molecule has 0 spiro atoms. The Hall–Kier alpha value is -1.26. The molecule has 96 valence electrons. The summed E-state index contributed by atoms with van der Waals surface area (Å²) in [6.07, 6.45) is 0. The molecule has 0 aliphatic carbocycles. The second-order valence-corrected chi connectivity index (χ2v) is 4.81. The van der Waals surface area contributed by atoms with E-state index in [1.54, 1.807) is 0 Å². The third-order valence-electron chi connectivity index (χ3n) is 2.44. The molecule has 0 saturated carbocycles. The lowest BCUT2D eigenvalue weighted by Gasteiger charge is -2.04. The molecule has 1 N–H and O–H groups in total. The van der Waals surface area contributed by atoms with Gasteiger partial charge in [-0.2, -0.15) is 0 Å². The molecular formula is C14H16BrNO2. The predicted octanol–water partition coefficient (Wildman–Crippen LogP) is 3.73. The lowest BCUT2D eigenvalue weighted by Crippen LogP contribution is -2.10. The molecule has 1 aromatic heterocycles. The van der Waals surface area contributed by atoms with Crippen molar-refractivity contribution in [2.45, 2.75) is 20.1 Å². The van der Waals surface area contributed by atoms with E-state index in [9.17, 15) is 0 Å². The van der Waals surface area contributed by atoms with Gasteiger partial charge in [0.15, 0.2) is 0 Å². The number of hydrogen-bond acceptors (Lipinski definition) is 3. The van der Waals surface area contributed by atoms with Crippen LogP contribution in [0.3, 0.4) is 0 Å². The molecule has 1 heterocycles. The Balaban J connectivity index is 1.88. The molecule has 0 aliphatic heterocycles. The fraction of sp³-hybridized carbons (Fsp3) is 0.286. The fourth-order valence-corrected chi connectivity index (χ4v) is 1.93. The van der Waals surface area contributed by atoms with Crippen molar-refractivity contribution in [3.8, 4) is 5.75 Å². The van der Waals surface area contributed by atoms with Crippen LogP contribution in [-0.2, 0) is 13.2 Å². The minimum absolute atomic E-state index is 0.447. The zero-order valence-electron chi connectivity index (χ0n) is 10.3. The van der Waals surface area contributed by atoms with E-state index < -0.39 is 0 Å². The first-order valence-electron chi connectivity index (χ1n) is 5.94. The Labute approximate surface area is 115 Å². The van der Waals surface area contributed by atoms with E-state index in [1.165, 1.54) is 0 Å². The van der Waals surface area contributed by atoms with Gasteiger partial charge in [-0.1, -0.05) is 28.9 Å². The number of hydrogen-bond donors (Lipinski definition) is 1. The zero-order valence-corrected chi connectivity index (χ0v) is 11.9. The first-order chi connectivity index (χ1) is 8.78. The fourth-order valence-electron chi connectivity index (χ4n) is 1.55. The van der Waals surface area contributed by atoms with E-state index in [4.69, 9.17) is 9.15 Å². The average molecular weight is 310 g/mol. The molecule has 0 unspecified atom stereocenters. The highest BCUT2D eigenvalue weighted by Crippen LogP contribution is 2.19. The Morgan fingerprint density at radius 3 is 2.83 bits per heavy atom. The zero-order chi connectivity index (χ0) is 12.8. The lowest BCUT2D eigenvalue weighted by molar-refractivity contribution is 0.265. The number of nitrogens with one attached hydrogen (secondary N) is 1. The summed E-state index contributed by atoms with van der Waals surface area (Å²) in [7, 11) is 0. The summed E-state index contributed by atoms with van der Waals surface area (Å²) >= 11 is 3.41. The van der Waals surface area contributed by atoms with Gasteiger partial charge in [-0.3, -0.25) is 0 Å². The van der Waals surface area contributed by atoms with E-state index in [-0.39, 0.29) is 0 Å². The molecule has 4 heteroatoms. The predicted molar refractivity (Wildman–Crippen MR) is 74.6 cm³/mol. The highest BCUT2D eigenvalue weighted by Gasteiger charge is 2.03. The third-order valence-corrected chi connectivity index (χ3v) is 2.94. The molecule has 3 nitrogen and oxygen atoms in total. The second kappa shape index (κ2) is 6.61. The highest BCUT2D eigenvalue weighted by molar-refractivity contribution is 9.10. The Bertz CT molecular complexity index is 496. The number of benzene rings is 1. The smallest absolute Gasteiger partial charge is 0.146 e. The summed E-state index contributed by atoms with van der Waals surface area (Å²) in [5, 5.41) is 3.22. The van der Waals surface area contributed by atoms with Crippen LogP contribution in [0, 0.1) is 0 Å². The largest absolute Gasteiger partial charge is 0.486 e. The van der Waals surface area contributed by atoms with E-state index in [0.717, 1.165) is 34.8 Å². The summed E-state index contributed by atoms with van der Waals surface area (Å²) in [5.41, 5.74) is 0. The third kappa shape index (κ3) is 3.89. The molecular weight excluding hydrogens is 294 g/mol. The van der Waals surface area contributed by atoms with Gasteiger partial charge >= 0.3 is 0 Å². The van der Waals surface area contributed by atoms with Crippen LogP contribution in [0.4, 0.5) is 0 Å². The first-order valence-corrected chi connectivity index (χ1v) is 6.74. The minimum atomic E-state index is 0.447. The molecule has 0 bridgehead atoms. The quantitative estimate of drug-likeness (QED) is 0.883. The van der Waals surface area contributed by atoms with Crippen molar-refractivity contribution in [2.75, 3.05) is 6.54 Å². The van der Waals surface area contributed by atoms with Crippen molar-refractivity contribution in [1.29, 1.82) is 0 Å². The Kier molecular flexibility index (Phi) is 4.84. The van der Waals surface area contributed by atoms with Crippen molar-refractivity contribution >= 4 is 15.9 Å². The van der Waals surface area contributed by atoms with Crippen molar-refractivity contribution in [2.24, 2.45) is 0 Å². The standard InChI is InChI=1S/C14H16BrNO2/c1-2-16-9-13-6-7-14(18-13)10-17-12-5-3-4-11(15)8-12/h3-8,16H,2,9-10H2,1H3. The molecule has 0 amide bonds. The molecule has 0 saturated heterocycles. The van der Waals surface area contributed by atoms with Gasteiger partial charge in [-0.15, -0.1) is 0 Å². The SMILES string of the molecule is CCNCc1ccc(COc2cccc(Br)c2)o1. The van der Waals surface area contributed by atoms with Gasteiger partial charge in [0.05, 0.1) is 6.54 Å². The number of furan rings is 1. The van der Waals surface area contributed by atoms with Crippen LogP contribution in [0.1, 0.15) is 18.4 Å². The monoisotopic (exact) mass is 309 g/mol. The average Bonchev–Trinajstić information content (AvgIpc) is 2.82. The summed E-state index contributed by atoms with van der Waals surface area (Å²) < 4.78 is 12.3. The van der Waals surface area contributed by atoms with Crippen molar-refractivity contribution in [1.82, 2.24) is 5.32 Å². The van der Waals surface area contributed by atoms with Crippen LogP contribution in [-0.4, -0.2) is 6.54 Å². The van der Waals surface area contributed by atoms with Gasteiger partial charge in [0.25, 0.3) is 0 Å². The van der Waals surface area contributed by atoms with E-state index in [2.05, 4.69) is 28.2 Å². The molecule has 0 aliphatic rings. The summed E-state index contributed by atoms with van der Waals surface area (Å²) in [6, 6.07) is 11.7. The molecule has 2 aromatic rings. The summed E-state index contributed by atoms with van der Waals surface area (Å²) in [5.74, 6) is 2.60. The van der Waals surface area contributed by atoms with Crippen molar-refractivity contribution in [3.05, 3.63) is 52.4 Å². The van der Waals surface area contributed by atoms with E-state index in [0.29, 0.717) is 6.61 Å². The van der Waals surface area contributed by atoms with E-state index in [1.807, 2.05) is 36.4 Å². The molecule has 0 fully saturated rings. The second-order valence-electron chi connectivity index (χ2n) is 3.89. The molecule has 1 aromatic carbocycles. The van der Waals surface area contributed by atoms with Crippen LogP contribution >= 0.6 is 15.9 Å². The number of rotatable bonds is 6. The van der Waals surface area contributed by atoms with Gasteiger partial charge in [0.2, 0.25) is 0 Å². The molecule has 0 atom stereocenters.